The van der Waals surface area contributed by atoms with Crippen molar-refractivity contribution in [2.24, 2.45) is 5.92 Å². The Morgan fingerprint density at radius 3 is 2.61 bits per heavy atom. The zero-order chi connectivity index (χ0) is 19.8. The van der Waals surface area contributed by atoms with E-state index in [0.717, 1.165) is 41.3 Å². The van der Waals surface area contributed by atoms with Crippen molar-refractivity contribution in [3.63, 3.8) is 0 Å². The second-order valence-corrected chi connectivity index (χ2v) is 8.09. The summed E-state index contributed by atoms with van der Waals surface area (Å²) < 4.78 is 7.57. The fourth-order valence-electron chi connectivity index (χ4n) is 3.67. The Labute approximate surface area is 171 Å². The number of benzene rings is 1. The van der Waals surface area contributed by atoms with Crippen molar-refractivity contribution in [3.05, 3.63) is 30.1 Å². The summed E-state index contributed by atoms with van der Waals surface area (Å²) in [6.45, 7) is 5.52. The molecular formula is C21H30N4O2S. The first-order valence-electron chi connectivity index (χ1n) is 10.3. The van der Waals surface area contributed by atoms with Gasteiger partial charge in [-0.15, -0.1) is 10.2 Å². The minimum atomic E-state index is -0.0476. The predicted octanol–water partition coefficient (Wildman–Crippen LogP) is 4.55. The molecule has 3 rings (SSSR count). The fourth-order valence-corrected chi connectivity index (χ4v) is 4.49. The van der Waals surface area contributed by atoms with Crippen molar-refractivity contribution < 1.29 is 9.53 Å². The molecule has 6 nitrogen and oxygen atoms in total. The van der Waals surface area contributed by atoms with Gasteiger partial charge < -0.3 is 14.6 Å². The molecule has 0 saturated heterocycles. The smallest absolute Gasteiger partial charge is 0.234 e. The van der Waals surface area contributed by atoms with Crippen LogP contribution in [0.25, 0.3) is 0 Å². The summed E-state index contributed by atoms with van der Waals surface area (Å²) >= 11 is 1.45. The van der Waals surface area contributed by atoms with Crippen LogP contribution in [-0.2, 0) is 17.8 Å². The molecule has 1 heterocycles. The quantitative estimate of drug-likeness (QED) is 0.623. The normalized spacial score (nSPS) is 14.8. The lowest BCUT2D eigenvalue weighted by Gasteiger charge is -2.21. The van der Waals surface area contributed by atoms with Gasteiger partial charge in [-0.3, -0.25) is 4.79 Å². The monoisotopic (exact) mass is 402 g/mol. The minimum absolute atomic E-state index is 0.0476. The first-order valence-corrected chi connectivity index (χ1v) is 11.3. The standard InChI is InChI=1S/C21H30N4O2S/c1-3-25-19(14-16-8-6-5-7-9-16)23-24-21(25)28-15-20(26)22-17-10-12-18(13-11-17)27-4-2/h10-13,16H,3-9,14-15H2,1-2H3,(H,22,26). The number of carbonyl (C=O) groups excluding carboxylic acids is 1. The number of amides is 1. The molecule has 0 unspecified atom stereocenters. The van der Waals surface area contributed by atoms with Gasteiger partial charge >= 0.3 is 0 Å². The van der Waals surface area contributed by atoms with Crippen LogP contribution in [0.4, 0.5) is 5.69 Å². The van der Waals surface area contributed by atoms with Gasteiger partial charge in [-0.1, -0.05) is 43.9 Å². The first-order chi connectivity index (χ1) is 13.7. The Bertz CT molecular complexity index is 754. The Morgan fingerprint density at radius 2 is 1.93 bits per heavy atom. The molecule has 1 fully saturated rings. The van der Waals surface area contributed by atoms with E-state index in [9.17, 15) is 4.79 Å². The highest BCUT2D eigenvalue weighted by Crippen LogP contribution is 2.27. The van der Waals surface area contributed by atoms with Crippen LogP contribution in [-0.4, -0.2) is 33.0 Å². The molecule has 1 aliphatic carbocycles. The third-order valence-corrected chi connectivity index (χ3v) is 6.05. The highest BCUT2D eigenvalue weighted by molar-refractivity contribution is 7.99. The van der Waals surface area contributed by atoms with Gasteiger partial charge in [0.05, 0.1) is 12.4 Å². The SMILES string of the molecule is CCOc1ccc(NC(=O)CSc2nnc(CC3CCCCC3)n2CC)cc1. The van der Waals surface area contributed by atoms with Crippen molar-refractivity contribution in [1.82, 2.24) is 14.8 Å². The molecule has 0 spiro atoms. The number of hydrogen-bond acceptors (Lipinski definition) is 5. The highest BCUT2D eigenvalue weighted by atomic mass is 32.2. The Kier molecular flexibility index (Phi) is 7.77. The van der Waals surface area contributed by atoms with Crippen LogP contribution in [0.1, 0.15) is 51.8 Å². The van der Waals surface area contributed by atoms with E-state index in [-0.39, 0.29) is 5.91 Å². The summed E-state index contributed by atoms with van der Waals surface area (Å²) in [7, 11) is 0. The van der Waals surface area contributed by atoms with E-state index >= 15 is 0 Å². The maximum absolute atomic E-state index is 12.3. The summed E-state index contributed by atoms with van der Waals surface area (Å²) in [5, 5.41) is 12.5. The number of carbonyl (C=O) groups is 1. The number of ether oxygens (including phenoxy) is 1. The van der Waals surface area contributed by atoms with E-state index in [2.05, 4.69) is 27.0 Å². The number of anilines is 1. The second-order valence-electron chi connectivity index (χ2n) is 7.15. The van der Waals surface area contributed by atoms with E-state index in [0.29, 0.717) is 12.4 Å². The molecule has 1 aromatic heterocycles. The van der Waals surface area contributed by atoms with Crippen molar-refractivity contribution in [3.8, 4) is 5.75 Å². The molecule has 28 heavy (non-hydrogen) atoms. The van der Waals surface area contributed by atoms with Gasteiger partial charge in [-0.25, -0.2) is 0 Å². The summed E-state index contributed by atoms with van der Waals surface area (Å²) in [4.78, 5) is 12.3. The number of nitrogens with one attached hydrogen (secondary N) is 1. The van der Waals surface area contributed by atoms with E-state index < -0.39 is 0 Å². The van der Waals surface area contributed by atoms with Crippen molar-refractivity contribution in [2.75, 3.05) is 17.7 Å². The molecule has 1 aliphatic rings. The van der Waals surface area contributed by atoms with Gasteiger partial charge in [-0.05, 0) is 44.0 Å². The van der Waals surface area contributed by atoms with Crippen LogP contribution in [0.2, 0.25) is 0 Å². The molecule has 0 aliphatic heterocycles. The zero-order valence-electron chi connectivity index (χ0n) is 16.8. The lowest BCUT2D eigenvalue weighted by atomic mass is 9.87. The molecule has 0 radical (unpaired) electrons. The summed E-state index contributed by atoms with van der Waals surface area (Å²) in [6.07, 6.45) is 7.62. The average molecular weight is 403 g/mol. The third kappa shape index (κ3) is 5.74. The maximum Gasteiger partial charge on any atom is 0.234 e. The van der Waals surface area contributed by atoms with Crippen LogP contribution in [0.15, 0.2) is 29.4 Å². The molecule has 1 aromatic carbocycles. The molecule has 1 amide bonds. The number of nitrogens with zero attached hydrogens (tertiary/aromatic N) is 3. The van der Waals surface area contributed by atoms with Crippen molar-refractivity contribution in [2.45, 2.75) is 64.1 Å². The van der Waals surface area contributed by atoms with E-state index in [1.54, 1.807) is 0 Å². The first kappa shape index (κ1) is 20.7. The maximum atomic E-state index is 12.3. The number of aromatic nitrogens is 3. The lowest BCUT2D eigenvalue weighted by Crippen LogP contribution is -2.15. The molecular weight excluding hydrogens is 372 g/mol. The third-order valence-electron chi connectivity index (χ3n) is 5.09. The second kappa shape index (κ2) is 10.5. The van der Waals surface area contributed by atoms with Crippen molar-refractivity contribution in [1.29, 1.82) is 0 Å². The summed E-state index contributed by atoms with van der Waals surface area (Å²) in [5.74, 6) is 2.85. The molecule has 7 heteroatoms. The van der Waals surface area contributed by atoms with Crippen molar-refractivity contribution >= 4 is 23.4 Å². The van der Waals surface area contributed by atoms with Gasteiger partial charge in [0.2, 0.25) is 5.91 Å². The van der Waals surface area contributed by atoms with Crippen LogP contribution < -0.4 is 10.1 Å². The van der Waals surface area contributed by atoms with Gasteiger partial charge in [0.25, 0.3) is 0 Å². The lowest BCUT2D eigenvalue weighted by molar-refractivity contribution is -0.113. The Balaban J connectivity index is 1.52. The van der Waals surface area contributed by atoms with Crippen LogP contribution >= 0.6 is 11.8 Å². The Morgan fingerprint density at radius 1 is 1.18 bits per heavy atom. The molecule has 1 N–H and O–H groups in total. The highest BCUT2D eigenvalue weighted by Gasteiger charge is 2.19. The van der Waals surface area contributed by atoms with Crippen LogP contribution in [0.3, 0.4) is 0 Å². The summed E-state index contributed by atoms with van der Waals surface area (Å²) in [6, 6.07) is 7.42. The largest absolute Gasteiger partial charge is 0.494 e. The molecule has 152 valence electrons. The molecule has 0 bridgehead atoms. The van der Waals surface area contributed by atoms with Gasteiger partial charge in [0, 0.05) is 18.7 Å². The van der Waals surface area contributed by atoms with E-state index in [1.165, 1.54) is 43.9 Å². The fraction of sp³-hybridized carbons (Fsp3) is 0.571. The molecule has 1 saturated carbocycles. The summed E-state index contributed by atoms with van der Waals surface area (Å²) in [5.41, 5.74) is 0.768. The molecule has 0 atom stereocenters. The van der Waals surface area contributed by atoms with Crippen LogP contribution in [0, 0.1) is 5.92 Å². The van der Waals surface area contributed by atoms with E-state index in [1.807, 2.05) is 31.2 Å². The number of hydrogen-bond donors (Lipinski definition) is 1. The molecule has 2 aromatic rings. The van der Waals surface area contributed by atoms with E-state index in [4.69, 9.17) is 4.74 Å². The zero-order valence-corrected chi connectivity index (χ0v) is 17.6. The minimum Gasteiger partial charge on any atom is -0.494 e. The Hall–Kier alpha value is -2.02. The number of thioether (sulfide) groups is 1. The van der Waals surface area contributed by atoms with Gasteiger partial charge in [0.15, 0.2) is 5.16 Å². The van der Waals surface area contributed by atoms with Crippen LogP contribution in [0.5, 0.6) is 5.75 Å². The van der Waals surface area contributed by atoms with Gasteiger partial charge in [0.1, 0.15) is 11.6 Å². The number of rotatable bonds is 9. The van der Waals surface area contributed by atoms with Gasteiger partial charge in [-0.2, -0.15) is 0 Å². The topological polar surface area (TPSA) is 69.0 Å². The average Bonchev–Trinajstić information content (AvgIpc) is 3.10. The predicted molar refractivity (Wildman–Crippen MR) is 113 cm³/mol.